The van der Waals surface area contributed by atoms with Crippen LogP contribution in [0.2, 0.25) is 0 Å². The van der Waals surface area contributed by atoms with Gasteiger partial charge < -0.3 is 10.0 Å². The van der Waals surface area contributed by atoms with Gasteiger partial charge in [0.15, 0.2) is 5.78 Å². The molecule has 4 heteroatoms. The number of fused-ring (bicyclic) bond motifs is 1. The van der Waals surface area contributed by atoms with E-state index in [1.165, 1.54) is 0 Å². The van der Waals surface area contributed by atoms with E-state index in [2.05, 4.69) is 6.08 Å². The monoisotopic (exact) mass is 279 g/mol. The highest BCUT2D eigenvalue weighted by Crippen LogP contribution is 2.42. The van der Waals surface area contributed by atoms with Gasteiger partial charge in [0, 0.05) is 13.0 Å². The van der Waals surface area contributed by atoms with Crippen LogP contribution in [0.15, 0.2) is 12.2 Å². The van der Waals surface area contributed by atoms with Crippen molar-refractivity contribution in [3.8, 4) is 0 Å². The van der Waals surface area contributed by atoms with Crippen molar-refractivity contribution in [2.24, 2.45) is 5.41 Å². The molecule has 0 radical (unpaired) electrons. The molecule has 2 heterocycles. The lowest BCUT2D eigenvalue weighted by Crippen LogP contribution is -2.44. The second kappa shape index (κ2) is 6.08. The van der Waals surface area contributed by atoms with Gasteiger partial charge in [0.05, 0.1) is 12.1 Å². The number of amides is 1. The van der Waals surface area contributed by atoms with Gasteiger partial charge in [0.2, 0.25) is 5.91 Å². The summed E-state index contributed by atoms with van der Waals surface area (Å²) < 4.78 is 0. The van der Waals surface area contributed by atoms with Gasteiger partial charge in [-0.1, -0.05) is 12.2 Å². The Hall–Kier alpha value is -1.16. The number of nitrogens with zero attached hydrogens (tertiary/aromatic N) is 1. The summed E-state index contributed by atoms with van der Waals surface area (Å²) in [5, 5.41) is 10.4. The van der Waals surface area contributed by atoms with Crippen LogP contribution >= 0.6 is 0 Å². The molecule has 0 aromatic rings. The Morgan fingerprint density at radius 3 is 2.90 bits per heavy atom. The van der Waals surface area contributed by atoms with Crippen molar-refractivity contribution in [1.82, 2.24) is 4.90 Å². The molecular formula is C16H25NO3. The normalized spacial score (nSPS) is 33.1. The van der Waals surface area contributed by atoms with Crippen molar-refractivity contribution in [2.45, 2.75) is 64.5 Å². The quantitative estimate of drug-likeness (QED) is 0.460. The van der Waals surface area contributed by atoms with Crippen LogP contribution in [-0.4, -0.2) is 40.4 Å². The van der Waals surface area contributed by atoms with Crippen molar-refractivity contribution >= 4 is 11.7 Å². The van der Waals surface area contributed by atoms with E-state index in [0.29, 0.717) is 13.0 Å². The van der Waals surface area contributed by atoms with Crippen molar-refractivity contribution in [2.75, 3.05) is 6.54 Å². The fourth-order valence-electron chi connectivity index (χ4n) is 3.44. The molecule has 112 valence electrons. The summed E-state index contributed by atoms with van der Waals surface area (Å²) in [4.78, 5) is 26.6. The van der Waals surface area contributed by atoms with Gasteiger partial charge in [-0.25, -0.2) is 0 Å². The van der Waals surface area contributed by atoms with Gasteiger partial charge in [-0.3, -0.25) is 9.59 Å². The van der Waals surface area contributed by atoms with Gasteiger partial charge in [-0.2, -0.15) is 0 Å². The van der Waals surface area contributed by atoms with Gasteiger partial charge >= 0.3 is 0 Å². The molecule has 2 fully saturated rings. The number of rotatable bonds is 6. The maximum atomic E-state index is 12.4. The molecule has 3 unspecified atom stereocenters. The maximum absolute atomic E-state index is 12.4. The number of carbonyl (C=O) groups is 2. The average Bonchev–Trinajstić information content (AvgIpc) is 2.98. The molecule has 0 aromatic carbocycles. The number of aliphatic hydroxyl groups is 1. The van der Waals surface area contributed by atoms with E-state index < -0.39 is 11.5 Å². The second-order valence-corrected chi connectivity index (χ2v) is 6.09. The van der Waals surface area contributed by atoms with Crippen molar-refractivity contribution in [1.29, 1.82) is 0 Å². The summed E-state index contributed by atoms with van der Waals surface area (Å²) in [6.07, 6.45) is 8.08. The molecule has 0 spiro atoms. The van der Waals surface area contributed by atoms with Crippen LogP contribution in [0.25, 0.3) is 0 Å². The van der Waals surface area contributed by atoms with E-state index in [9.17, 15) is 14.7 Å². The molecule has 1 amide bonds. The molecule has 4 nitrogen and oxygen atoms in total. The Bertz CT molecular complexity index is 418. The first-order valence-corrected chi connectivity index (χ1v) is 7.67. The number of aliphatic hydroxyl groups excluding tert-OH is 1. The minimum Gasteiger partial charge on any atom is -0.389 e. The molecule has 1 N–H and O–H groups in total. The number of carbonyl (C=O) groups excluding carboxylic acids is 2. The number of unbranched alkanes of at least 4 members (excludes halogenated alkanes) is 2. The van der Waals surface area contributed by atoms with E-state index in [0.717, 1.165) is 32.1 Å². The Kier molecular flexibility index (Phi) is 4.63. The van der Waals surface area contributed by atoms with Crippen LogP contribution < -0.4 is 0 Å². The SMILES string of the molecule is C/C=C/CCCCC(=O)C1(C)C(=O)N2CCCC2C1O. The Morgan fingerprint density at radius 2 is 2.25 bits per heavy atom. The molecule has 0 aromatic heterocycles. The third-order valence-corrected chi connectivity index (χ3v) is 4.80. The molecule has 0 aliphatic carbocycles. The highest BCUT2D eigenvalue weighted by Gasteiger charge is 2.60. The maximum Gasteiger partial charge on any atom is 0.239 e. The molecule has 2 rings (SSSR count). The largest absolute Gasteiger partial charge is 0.389 e. The predicted molar refractivity (Wildman–Crippen MR) is 77.1 cm³/mol. The molecule has 2 saturated heterocycles. The number of hydrogen-bond acceptors (Lipinski definition) is 3. The first-order valence-electron chi connectivity index (χ1n) is 7.67. The number of allylic oxidation sites excluding steroid dienone is 2. The summed E-state index contributed by atoms with van der Waals surface area (Å²) in [7, 11) is 0. The van der Waals surface area contributed by atoms with E-state index in [1.807, 2.05) is 13.0 Å². The fraction of sp³-hybridized carbons (Fsp3) is 0.750. The van der Waals surface area contributed by atoms with Crippen LogP contribution in [0.4, 0.5) is 0 Å². The van der Waals surface area contributed by atoms with E-state index in [-0.39, 0.29) is 17.7 Å². The topological polar surface area (TPSA) is 57.6 Å². The average molecular weight is 279 g/mol. The predicted octanol–water partition coefficient (Wildman–Crippen LogP) is 2.06. The molecule has 2 aliphatic heterocycles. The van der Waals surface area contributed by atoms with Gasteiger partial charge in [0.1, 0.15) is 5.41 Å². The smallest absolute Gasteiger partial charge is 0.239 e. The highest BCUT2D eigenvalue weighted by atomic mass is 16.3. The van der Waals surface area contributed by atoms with E-state index in [4.69, 9.17) is 0 Å². The molecular weight excluding hydrogens is 254 g/mol. The highest BCUT2D eigenvalue weighted by molar-refractivity contribution is 6.08. The Morgan fingerprint density at radius 1 is 1.50 bits per heavy atom. The standard InChI is InChI=1S/C16H25NO3/c1-3-4-5-6-7-10-13(18)16(2)14(19)12-9-8-11-17(12)15(16)20/h3-4,12,14,19H,5-11H2,1-2H3/b4-3+. The Labute approximate surface area is 120 Å². The van der Waals surface area contributed by atoms with Gasteiger partial charge in [0.25, 0.3) is 0 Å². The lowest BCUT2D eigenvalue weighted by Gasteiger charge is -2.25. The lowest BCUT2D eigenvalue weighted by atomic mass is 9.77. The first-order chi connectivity index (χ1) is 9.53. The third kappa shape index (κ3) is 2.41. The summed E-state index contributed by atoms with van der Waals surface area (Å²) >= 11 is 0. The molecule has 2 aliphatic rings. The summed E-state index contributed by atoms with van der Waals surface area (Å²) in [5.74, 6) is -0.254. The number of hydrogen-bond donors (Lipinski definition) is 1. The molecule has 0 bridgehead atoms. The van der Waals surface area contributed by atoms with Crippen LogP contribution in [0.3, 0.4) is 0 Å². The van der Waals surface area contributed by atoms with E-state index in [1.54, 1.807) is 11.8 Å². The molecule has 20 heavy (non-hydrogen) atoms. The summed E-state index contributed by atoms with van der Waals surface area (Å²) in [6, 6.07) is -0.139. The van der Waals surface area contributed by atoms with Crippen LogP contribution in [0.5, 0.6) is 0 Å². The first kappa shape index (κ1) is 15.2. The van der Waals surface area contributed by atoms with Crippen LogP contribution in [0, 0.1) is 5.41 Å². The lowest BCUT2D eigenvalue weighted by molar-refractivity contribution is -0.146. The zero-order chi connectivity index (χ0) is 14.8. The fourth-order valence-corrected chi connectivity index (χ4v) is 3.44. The second-order valence-electron chi connectivity index (χ2n) is 6.09. The zero-order valence-corrected chi connectivity index (χ0v) is 12.5. The molecule has 0 saturated carbocycles. The minimum absolute atomic E-state index is 0.0927. The summed E-state index contributed by atoms with van der Waals surface area (Å²) in [6.45, 7) is 4.30. The number of ketones is 1. The van der Waals surface area contributed by atoms with Crippen molar-refractivity contribution in [3.63, 3.8) is 0 Å². The van der Waals surface area contributed by atoms with Crippen molar-refractivity contribution in [3.05, 3.63) is 12.2 Å². The van der Waals surface area contributed by atoms with E-state index >= 15 is 0 Å². The third-order valence-electron chi connectivity index (χ3n) is 4.80. The minimum atomic E-state index is -1.20. The van der Waals surface area contributed by atoms with Crippen LogP contribution in [-0.2, 0) is 9.59 Å². The summed E-state index contributed by atoms with van der Waals surface area (Å²) in [5.41, 5.74) is -1.20. The molecule has 3 atom stereocenters. The van der Waals surface area contributed by atoms with Crippen LogP contribution in [0.1, 0.15) is 52.4 Å². The Balaban J connectivity index is 1.96. The zero-order valence-electron chi connectivity index (χ0n) is 12.5. The number of Topliss-reactive ketones (excluding diaryl/α,β-unsaturated/α-hetero) is 1. The van der Waals surface area contributed by atoms with Gasteiger partial charge in [-0.15, -0.1) is 0 Å². The van der Waals surface area contributed by atoms with Crippen molar-refractivity contribution < 1.29 is 14.7 Å². The van der Waals surface area contributed by atoms with Gasteiger partial charge in [-0.05, 0) is 46.0 Å².